The maximum Gasteiger partial charge on any atom is 0.330 e. The normalized spacial score (nSPS) is 11.4. The van der Waals surface area contributed by atoms with Crippen LogP contribution in [0.15, 0.2) is 48.5 Å². The van der Waals surface area contributed by atoms with Gasteiger partial charge in [0.1, 0.15) is 11.5 Å². The molecule has 2 N–H and O–H groups in total. The highest BCUT2D eigenvalue weighted by Crippen LogP contribution is 2.18. The summed E-state index contributed by atoms with van der Waals surface area (Å²) in [6.45, 7) is 1.75. The molecule has 1 unspecified atom stereocenters. The summed E-state index contributed by atoms with van der Waals surface area (Å²) in [5.74, 6) is -0.428. The van der Waals surface area contributed by atoms with Gasteiger partial charge < -0.3 is 19.9 Å². The lowest BCUT2D eigenvalue weighted by molar-refractivity contribution is -0.142. The third-order valence-corrected chi connectivity index (χ3v) is 4.06. The first-order valence-electron chi connectivity index (χ1n) is 8.80. The Hall–Kier alpha value is -3.35. The molecule has 0 radical (unpaired) electrons. The van der Waals surface area contributed by atoms with Gasteiger partial charge in [0, 0.05) is 12.0 Å². The minimum Gasteiger partial charge on any atom is -0.497 e. The molecule has 2 rings (SSSR count). The van der Waals surface area contributed by atoms with Crippen LogP contribution in [0.5, 0.6) is 11.5 Å². The first-order chi connectivity index (χ1) is 13.4. The molecule has 0 aliphatic carbocycles. The van der Waals surface area contributed by atoms with E-state index in [0.717, 1.165) is 0 Å². The molecule has 0 aliphatic heterocycles. The first-order valence-corrected chi connectivity index (χ1v) is 8.80. The first kappa shape index (κ1) is 21.0. The summed E-state index contributed by atoms with van der Waals surface area (Å²) in [6, 6.07) is 12.2. The lowest BCUT2D eigenvalue weighted by Gasteiger charge is -2.15. The summed E-state index contributed by atoms with van der Waals surface area (Å²) in [5, 5.41) is 11.9. The van der Waals surface area contributed by atoms with Crippen molar-refractivity contribution < 1.29 is 29.0 Å². The topological polar surface area (TPSA) is 102 Å². The molecular formula is C21H23NO6. The van der Waals surface area contributed by atoms with Gasteiger partial charge in [-0.1, -0.05) is 24.3 Å². The van der Waals surface area contributed by atoms with E-state index >= 15 is 0 Å². The van der Waals surface area contributed by atoms with Crippen molar-refractivity contribution >= 4 is 17.7 Å². The molecule has 0 spiro atoms. The lowest BCUT2D eigenvalue weighted by atomic mass is 10.1. The van der Waals surface area contributed by atoms with Crippen LogP contribution < -0.4 is 14.8 Å². The number of hydrogen-bond donors (Lipinski definition) is 2. The number of carboxylic acid groups (broad SMARTS) is 1. The van der Waals surface area contributed by atoms with E-state index in [9.17, 15) is 19.5 Å². The molecule has 0 saturated carbocycles. The quantitative estimate of drug-likeness (QED) is 0.482. The van der Waals surface area contributed by atoms with Crippen molar-refractivity contribution in [2.24, 2.45) is 0 Å². The monoisotopic (exact) mass is 385 g/mol. The van der Waals surface area contributed by atoms with Crippen LogP contribution in [0.2, 0.25) is 0 Å². The number of aliphatic carboxylic acids is 1. The smallest absolute Gasteiger partial charge is 0.330 e. The van der Waals surface area contributed by atoms with Crippen molar-refractivity contribution in [2.45, 2.75) is 25.8 Å². The molecule has 2 aromatic carbocycles. The van der Waals surface area contributed by atoms with Gasteiger partial charge in [0.25, 0.3) is 0 Å². The van der Waals surface area contributed by atoms with Crippen LogP contribution in [0.4, 0.5) is 0 Å². The van der Waals surface area contributed by atoms with Gasteiger partial charge in [0.05, 0.1) is 13.7 Å². The number of hydrogen-bond acceptors (Lipinski definition) is 5. The third-order valence-electron chi connectivity index (χ3n) is 4.06. The fourth-order valence-corrected chi connectivity index (χ4v) is 2.54. The fraction of sp³-hybridized carbons (Fsp3) is 0.286. The van der Waals surface area contributed by atoms with Crippen molar-refractivity contribution in [3.8, 4) is 11.5 Å². The van der Waals surface area contributed by atoms with E-state index < -0.39 is 12.0 Å². The van der Waals surface area contributed by atoms with Crippen LogP contribution in [-0.4, -0.2) is 36.5 Å². The average molecular weight is 385 g/mol. The van der Waals surface area contributed by atoms with Crippen LogP contribution in [-0.2, 0) is 9.59 Å². The van der Waals surface area contributed by atoms with Crippen LogP contribution in [0.3, 0.4) is 0 Å². The highest BCUT2D eigenvalue weighted by Gasteiger charge is 2.21. The Morgan fingerprint density at radius 1 is 1.07 bits per heavy atom. The van der Waals surface area contributed by atoms with E-state index in [4.69, 9.17) is 9.47 Å². The Kier molecular flexibility index (Phi) is 7.56. The minimum atomic E-state index is -1.14. The molecule has 0 heterocycles. The van der Waals surface area contributed by atoms with Gasteiger partial charge in [-0.3, -0.25) is 9.59 Å². The van der Waals surface area contributed by atoms with Crippen molar-refractivity contribution in [1.82, 2.24) is 5.32 Å². The van der Waals surface area contributed by atoms with Gasteiger partial charge in [0.2, 0.25) is 5.91 Å². The Balaban J connectivity index is 1.83. The molecule has 0 aromatic heterocycles. The predicted octanol–water partition coefficient (Wildman–Crippen LogP) is 3.00. The second kappa shape index (κ2) is 10.1. The largest absolute Gasteiger partial charge is 0.497 e. The molecule has 0 saturated heterocycles. The van der Waals surface area contributed by atoms with Gasteiger partial charge >= 0.3 is 5.97 Å². The zero-order valence-corrected chi connectivity index (χ0v) is 15.8. The maximum atomic E-state index is 12.1. The zero-order chi connectivity index (χ0) is 20.5. The number of carbonyl (C=O) groups excluding carboxylic acids is 2. The Labute approximate surface area is 163 Å². The van der Waals surface area contributed by atoms with Gasteiger partial charge in [-0.2, -0.15) is 0 Å². The van der Waals surface area contributed by atoms with Gasteiger partial charge in [-0.15, -0.1) is 0 Å². The Bertz CT molecular complexity index is 831. The van der Waals surface area contributed by atoms with Crippen LogP contribution in [0, 0.1) is 0 Å². The summed E-state index contributed by atoms with van der Waals surface area (Å²) in [5.41, 5.74) is 1.01. The van der Waals surface area contributed by atoms with E-state index in [1.165, 1.54) is 14.0 Å². The molecule has 28 heavy (non-hydrogen) atoms. The zero-order valence-electron chi connectivity index (χ0n) is 15.8. The van der Waals surface area contributed by atoms with E-state index in [0.29, 0.717) is 29.0 Å². The number of ketones is 1. The number of amides is 1. The maximum absolute atomic E-state index is 12.1. The van der Waals surface area contributed by atoms with Gasteiger partial charge in [-0.25, -0.2) is 4.79 Å². The number of ether oxygens (including phenoxy) is 2. The number of rotatable bonds is 10. The molecule has 7 nitrogen and oxygen atoms in total. The van der Waals surface area contributed by atoms with Crippen LogP contribution in [0.25, 0.3) is 0 Å². The summed E-state index contributed by atoms with van der Waals surface area (Å²) < 4.78 is 10.6. The SMILES string of the molecule is COc1ccc(C(NC(=O)CCCOc2cccc(C(C)=O)c2)C(=O)O)cc1. The van der Waals surface area contributed by atoms with E-state index in [1.54, 1.807) is 48.5 Å². The molecule has 1 atom stereocenters. The van der Waals surface area contributed by atoms with Crippen molar-refractivity contribution in [2.75, 3.05) is 13.7 Å². The molecule has 1 amide bonds. The molecule has 0 fully saturated rings. The standard InChI is InChI=1S/C21H23NO6/c1-14(23)16-5-3-6-18(13-16)28-12-4-7-19(24)22-20(21(25)26)15-8-10-17(27-2)11-9-15/h3,5-6,8-11,13,20H,4,7,12H2,1-2H3,(H,22,24)(H,25,26). The van der Waals surface area contributed by atoms with E-state index in [1.807, 2.05) is 0 Å². The Morgan fingerprint density at radius 2 is 1.79 bits per heavy atom. The van der Waals surface area contributed by atoms with Crippen molar-refractivity contribution in [3.05, 3.63) is 59.7 Å². The molecule has 2 aromatic rings. The molecule has 148 valence electrons. The fourth-order valence-electron chi connectivity index (χ4n) is 2.54. The van der Waals surface area contributed by atoms with Crippen LogP contribution >= 0.6 is 0 Å². The second-order valence-electron chi connectivity index (χ2n) is 6.15. The second-order valence-corrected chi connectivity index (χ2v) is 6.15. The predicted molar refractivity (Wildman–Crippen MR) is 103 cm³/mol. The van der Waals surface area contributed by atoms with Crippen molar-refractivity contribution in [1.29, 1.82) is 0 Å². The Morgan fingerprint density at radius 3 is 2.39 bits per heavy atom. The van der Waals surface area contributed by atoms with E-state index in [2.05, 4.69) is 5.32 Å². The minimum absolute atomic E-state index is 0.0527. The molecule has 0 aliphatic rings. The number of carboxylic acids is 1. The third kappa shape index (κ3) is 6.12. The molecule has 7 heteroatoms. The summed E-state index contributed by atoms with van der Waals surface area (Å²) in [4.78, 5) is 35.0. The van der Waals surface area contributed by atoms with Gasteiger partial charge in [-0.05, 0) is 43.2 Å². The molecule has 0 bridgehead atoms. The number of nitrogens with one attached hydrogen (secondary N) is 1. The lowest BCUT2D eigenvalue weighted by Crippen LogP contribution is -2.33. The summed E-state index contributed by atoms with van der Waals surface area (Å²) >= 11 is 0. The number of carbonyl (C=O) groups is 3. The highest BCUT2D eigenvalue weighted by atomic mass is 16.5. The molecular weight excluding hydrogens is 362 g/mol. The van der Waals surface area contributed by atoms with Crippen LogP contribution in [0.1, 0.15) is 41.7 Å². The highest BCUT2D eigenvalue weighted by molar-refractivity contribution is 5.94. The van der Waals surface area contributed by atoms with E-state index in [-0.39, 0.29) is 24.7 Å². The van der Waals surface area contributed by atoms with Crippen molar-refractivity contribution in [3.63, 3.8) is 0 Å². The summed E-state index contributed by atoms with van der Waals surface area (Å²) in [7, 11) is 1.52. The summed E-state index contributed by atoms with van der Waals surface area (Å²) in [6.07, 6.45) is 0.525. The number of benzene rings is 2. The van der Waals surface area contributed by atoms with Gasteiger partial charge in [0.15, 0.2) is 11.8 Å². The number of Topliss-reactive ketones (excluding diaryl/α,β-unsaturated/α-hetero) is 1. The average Bonchev–Trinajstić information content (AvgIpc) is 2.69. The number of methoxy groups -OCH3 is 1.